The molecule has 3 heterocycles. The molecule has 1 aliphatic heterocycles. The Hall–Kier alpha value is -6.42. The van der Waals surface area contributed by atoms with E-state index < -0.39 is 43.9 Å². The van der Waals surface area contributed by atoms with Crippen molar-refractivity contribution in [2.45, 2.75) is 39.9 Å². The van der Waals surface area contributed by atoms with Crippen molar-refractivity contribution < 1.29 is 40.9 Å². The minimum Gasteiger partial charge on any atom is -0.509 e. The molecule has 60 heavy (non-hydrogen) atoms. The van der Waals surface area contributed by atoms with Crippen LogP contribution in [0.15, 0.2) is 164 Å². The van der Waals surface area contributed by atoms with Crippen LogP contribution in [-0.2, 0) is 26.5 Å². The molecule has 0 radical (unpaired) electrons. The third kappa shape index (κ3) is 7.07. The second kappa shape index (κ2) is 15.6. The van der Waals surface area contributed by atoms with Crippen molar-refractivity contribution in [3.8, 4) is 39.6 Å². The van der Waals surface area contributed by atoms with E-state index in [2.05, 4.69) is 55.7 Å². The van der Waals surface area contributed by atoms with Crippen molar-refractivity contribution in [2.75, 3.05) is 9.80 Å². The van der Waals surface area contributed by atoms with Gasteiger partial charge in [0.25, 0.3) is 0 Å². The molecule has 0 spiro atoms. The van der Waals surface area contributed by atoms with E-state index in [1.165, 1.54) is 12.1 Å². The second-order valence-electron chi connectivity index (χ2n) is 15.4. The van der Waals surface area contributed by atoms with Gasteiger partial charge >= 0.3 is 0 Å². The van der Waals surface area contributed by atoms with Crippen LogP contribution in [0.5, 0.6) is 11.5 Å². The molecule has 10 rings (SSSR count). The van der Waals surface area contributed by atoms with E-state index >= 15 is 0 Å². The summed E-state index contributed by atoms with van der Waals surface area (Å²) in [7, 11) is 0. The van der Waals surface area contributed by atoms with Gasteiger partial charge in [-0.1, -0.05) is 134 Å². The number of hydrogen-bond donors (Lipinski definition) is 0. The van der Waals surface area contributed by atoms with Crippen LogP contribution < -0.4 is 14.5 Å². The van der Waals surface area contributed by atoms with E-state index in [1.807, 2.05) is 77.8 Å². The molecule has 0 saturated heterocycles. The first-order valence-corrected chi connectivity index (χ1v) is 19.2. The molecule has 9 aromatic rings. The number of ether oxygens (including phenoxy) is 1. The zero-order valence-electron chi connectivity index (χ0n) is 43.8. The van der Waals surface area contributed by atoms with Gasteiger partial charge < -0.3 is 19.1 Å². The molecular formula is C54H43N4OPt-3. The Bertz CT molecular complexity index is 3500. The van der Waals surface area contributed by atoms with Gasteiger partial charge in [0.2, 0.25) is 0 Å². The van der Waals surface area contributed by atoms with Crippen molar-refractivity contribution in [1.29, 1.82) is 0 Å². The predicted octanol–water partition coefficient (Wildman–Crippen LogP) is 14.2. The van der Waals surface area contributed by atoms with Crippen LogP contribution >= 0.6 is 0 Å². The van der Waals surface area contributed by atoms with Crippen molar-refractivity contribution in [1.82, 2.24) is 9.55 Å². The molecule has 5 nitrogen and oxygen atoms in total. The van der Waals surface area contributed by atoms with Gasteiger partial charge in [-0.2, -0.15) is 12.1 Å². The summed E-state index contributed by atoms with van der Waals surface area (Å²) in [5.74, 6) is 1.58. The second-order valence-corrected chi connectivity index (χ2v) is 15.4. The van der Waals surface area contributed by atoms with Crippen molar-refractivity contribution in [3.05, 3.63) is 199 Å². The monoisotopic (exact) mass is 969 g/mol. The van der Waals surface area contributed by atoms with Crippen LogP contribution in [0.3, 0.4) is 0 Å². The Balaban J connectivity index is 0.00000624. The van der Waals surface area contributed by atoms with Crippen LogP contribution in [-0.4, -0.2) is 9.55 Å². The van der Waals surface area contributed by atoms with E-state index in [9.17, 15) is 0 Å². The van der Waals surface area contributed by atoms with E-state index in [-0.39, 0.29) is 54.3 Å². The normalized spacial score (nSPS) is 15.6. The Morgan fingerprint density at radius 3 is 2.13 bits per heavy atom. The molecule has 0 amide bonds. The molecular weight excluding hydrogens is 916 g/mol. The zero-order valence-corrected chi connectivity index (χ0v) is 35.1. The minimum absolute atomic E-state index is 0. The van der Waals surface area contributed by atoms with E-state index in [0.29, 0.717) is 39.8 Å². The Morgan fingerprint density at radius 2 is 1.37 bits per heavy atom. The number of aryl methyl sites for hydroxylation is 2. The van der Waals surface area contributed by atoms with Gasteiger partial charge in [-0.05, 0) is 71.5 Å². The van der Waals surface area contributed by atoms with Gasteiger partial charge in [-0.25, -0.2) is 4.98 Å². The molecule has 0 aliphatic carbocycles. The van der Waals surface area contributed by atoms with Gasteiger partial charge in [-0.15, -0.1) is 48.1 Å². The molecule has 298 valence electrons. The number of hydrogen-bond acceptors (Lipinski definition) is 4. The summed E-state index contributed by atoms with van der Waals surface area (Å²) in [6.45, 7) is 2.92. The maximum atomic E-state index is 9.05. The molecule has 0 N–H and O–H groups in total. The van der Waals surface area contributed by atoms with Crippen LogP contribution in [0.1, 0.15) is 52.5 Å². The number of pyridine rings is 1. The number of para-hydroxylation sites is 4. The molecule has 0 bridgehead atoms. The smallest absolute Gasteiger partial charge is 0.135 e. The first-order chi connectivity index (χ1) is 33.2. The average Bonchev–Trinajstić information content (AvgIpc) is 3.88. The largest absolute Gasteiger partial charge is 0.509 e. The zero-order chi connectivity index (χ0) is 49.6. The van der Waals surface area contributed by atoms with Gasteiger partial charge in [0.15, 0.2) is 0 Å². The summed E-state index contributed by atoms with van der Waals surface area (Å²) in [4.78, 5) is 8.46. The minimum atomic E-state index is -2.68. The molecule has 6 heteroatoms. The topological polar surface area (TPSA) is 33.5 Å². The third-order valence-electron chi connectivity index (χ3n) is 10.6. The number of anilines is 4. The first kappa shape index (κ1) is 28.1. The first-order valence-electron chi connectivity index (χ1n) is 24.7. The van der Waals surface area contributed by atoms with Crippen molar-refractivity contribution in [3.63, 3.8) is 0 Å². The maximum absolute atomic E-state index is 9.05. The van der Waals surface area contributed by atoms with Crippen molar-refractivity contribution in [2.24, 2.45) is 0 Å². The van der Waals surface area contributed by atoms with Crippen LogP contribution in [0.2, 0.25) is 0 Å². The summed E-state index contributed by atoms with van der Waals surface area (Å²) in [5.41, 5.74) is 5.28. The van der Waals surface area contributed by atoms with Crippen LogP contribution in [0, 0.1) is 32.5 Å². The fourth-order valence-corrected chi connectivity index (χ4v) is 7.82. The van der Waals surface area contributed by atoms with E-state index in [4.69, 9.17) is 24.8 Å². The van der Waals surface area contributed by atoms with Gasteiger partial charge in [-0.3, -0.25) is 0 Å². The molecule has 0 atom stereocenters. The van der Waals surface area contributed by atoms with Crippen LogP contribution in [0.4, 0.5) is 22.7 Å². The Labute approximate surface area is 382 Å². The van der Waals surface area contributed by atoms with E-state index in [1.54, 1.807) is 35.8 Å². The van der Waals surface area contributed by atoms with E-state index in [0.717, 1.165) is 39.3 Å². The number of aromatic nitrogens is 2. The molecule has 0 unspecified atom stereocenters. The van der Waals surface area contributed by atoms with Crippen LogP contribution in [0.25, 0.3) is 49.9 Å². The fraction of sp³-hybridized carbons (Fsp3) is 0.111. The average molecular weight is 970 g/mol. The Morgan fingerprint density at radius 1 is 0.667 bits per heavy atom. The summed E-state index contributed by atoms with van der Waals surface area (Å²) < 4.78 is 102. The molecule has 2 aromatic heterocycles. The summed E-state index contributed by atoms with van der Waals surface area (Å²) in [6.07, 6.45) is 1.83. The summed E-state index contributed by atoms with van der Waals surface area (Å²) in [5, 5.41) is 2.03. The maximum Gasteiger partial charge on any atom is 0.135 e. The summed E-state index contributed by atoms with van der Waals surface area (Å²) in [6, 6.07) is 42.5. The molecule has 7 aromatic carbocycles. The van der Waals surface area contributed by atoms with Gasteiger partial charge in [0, 0.05) is 80.7 Å². The molecule has 1 aliphatic rings. The number of benzene rings is 7. The molecule has 0 saturated carbocycles. The third-order valence-corrected chi connectivity index (χ3v) is 10.6. The quantitative estimate of drug-likeness (QED) is 0.149. The van der Waals surface area contributed by atoms with Crippen molar-refractivity contribution >= 4 is 44.6 Å². The summed E-state index contributed by atoms with van der Waals surface area (Å²) >= 11 is 0. The number of fused-ring (bicyclic) bond motifs is 4. The standard InChI is InChI=1S/C54H43N4O.Pt/c1-36-29-37(2)31-39(30-36)45-21-14-20-44(38-15-7-6-8-16-38)53(45)57-35-56(49-23-11-12-24-50(49)57)41-17-13-18-42(33-41)59-43-25-26-47-46-19-9-10-22-48(46)58(51(47)34-43)52-32-40(27-28-55-52)54(3,4)5;/h6-32,35H,1-5H3;/q-3;/i1D3,2D3,6D,7D,8D,15D,16D;. The predicted molar refractivity (Wildman–Crippen MR) is 243 cm³/mol. The SMILES string of the molecule is [2H]c1c([2H])c([2H])c(-c2cccc(-c3cc(C([2H])([2H])[2H])cc(C([2H])([2H])[2H])c3)c2N2[CH-]N(c3[c-]c(Oc4[c-]c5c(cc4)c4ccccc4n5-c4cc(C(C)(C)C)ccn4)ccc3)c3ccccc32)c([2H])c1[2H].[Pt]. The van der Waals surface area contributed by atoms with Gasteiger partial charge in [0.05, 0.1) is 6.85 Å². The number of rotatable bonds is 7. The number of nitrogens with zero attached hydrogens (tertiary/aromatic N) is 4. The molecule has 0 fully saturated rings. The Kier molecular flexibility index (Phi) is 7.33. The van der Waals surface area contributed by atoms with Gasteiger partial charge in [0.1, 0.15) is 5.82 Å². The fourth-order valence-electron chi connectivity index (χ4n) is 7.82.